The molecular formula is C18H17N3O2. The topological polar surface area (TPSA) is 51.3 Å². The lowest BCUT2D eigenvalue weighted by molar-refractivity contribution is 0.385. The van der Waals surface area contributed by atoms with Gasteiger partial charge in [0.2, 0.25) is 16.9 Å². The Morgan fingerprint density at radius 1 is 1.13 bits per heavy atom. The summed E-state index contributed by atoms with van der Waals surface area (Å²) < 4.78 is 8.08. The Bertz CT molecular complexity index is 1080. The highest BCUT2D eigenvalue weighted by atomic mass is 16.3. The Hall–Kier alpha value is -2.66. The zero-order valence-corrected chi connectivity index (χ0v) is 13.1. The van der Waals surface area contributed by atoms with Crippen LogP contribution >= 0.6 is 0 Å². The van der Waals surface area contributed by atoms with E-state index in [0.29, 0.717) is 22.2 Å². The van der Waals surface area contributed by atoms with E-state index in [1.54, 1.807) is 18.3 Å². The molecule has 0 saturated heterocycles. The van der Waals surface area contributed by atoms with Gasteiger partial charge in [-0.1, -0.05) is 18.2 Å². The van der Waals surface area contributed by atoms with Crippen LogP contribution in [-0.2, 0) is 6.54 Å². The Kier molecular flexibility index (Phi) is 3.16. The second kappa shape index (κ2) is 5.21. The third-order valence-corrected chi connectivity index (χ3v) is 4.13. The Morgan fingerprint density at radius 2 is 1.91 bits per heavy atom. The van der Waals surface area contributed by atoms with E-state index in [1.165, 1.54) is 0 Å². The molecule has 3 heterocycles. The van der Waals surface area contributed by atoms with E-state index >= 15 is 0 Å². The van der Waals surface area contributed by atoms with Crippen molar-refractivity contribution in [3.8, 4) is 0 Å². The second-order valence-electron chi connectivity index (χ2n) is 5.94. The molecule has 3 aromatic heterocycles. The van der Waals surface area contributed by atoms with Crippen molar-refractivity contribution in [3.05, 3.63) is 52.8 Å². The highest BCUT2D eigenvalue weighted by Crippen LogP contribution is 2.28. The van der Waals surface area contributed by atoms with Crippen LogP contribution in [0.3, 0.4) is 0 Å². The van der Waals surface area contributed by atoms with E-state index in [4.69, 9.17) is 4.42 Å². The average molecular weight is 307 g/mol. The van der Waals surface area contributed by atoms with Gasteiger partial charge in [-0.05, 0) is 32.3 Å². The van der Waals surface area contributed by atoms with Crippen molar-refractivity contribution < 1.29 is 4.42 Å². The zero-order chi connectivity index (χ0) is 16.0. The fraction of sp³-hybridized carbons (Fsp3) is 0.222. The van der Waals surface area contributed by atoms with Crippen LogP contribution in [0.4, 0.5) is 0 Å². The van der Waals surface area contributed by atoms with Crippen LogP contribution in [0, 0.1) is 0 Å². The lowest BCUT2D eigenvalue weighted by Crippen LogP contribution is -2.18. The van der Waals surface area contributed by atoms with Crippen LogP contribution in [0.1, 0.15) is 0 Å². The molecule has 0 atom stereocenters. The maximum absolute atomic E-state index is 12.9. The van der Waals surface area contributed by atoms with E-state index < -0.39 is 0 Å². The first-order valence-electron chi connectivity index (χ1n) is 7.60. The summed E-state index contributed by atoms with van der Waals surface area (Å²) in [6, 6.07) is 11.5. The van der Waals surface area contributed by atoms with Crippen molar-refractivity contribution in [2.75, 3.05) is 20.6 Å². The summed E-state index contributed by atoms with van der Waals surface area (Å²) >= 11 is 0. The minimum atomic E-state index is -0.0193. The normalized spacial score (nSPS) is 12.0. The van der Waals surface area contributed by atoms with Crippen molar-refractivity contribution in [2.24, 2.45) is 0 Å². The SMILES string of the molecule is CN(C)CCn1c2ccccc2c2c(=O)c3cccnc3oc21. The highest BCUT2D eigenvalue weighted by Gasteiger charge is 2.18. The van der Waals surface area contributed by atoms with E-state index in [-0.39, 0.29) is 5.43 Å². The smallest absolute Gasteiger partial charge is 0.232 e. The van der Waals surface area contributed by atoms with Crippen LogP contribution in [0.2, 0.25) is 0 Å². The molecule has 0 fully saturated rings. The van der Waals surface area contributed by atoms with Gasteiger partial charge in [-0.25, -0.2) is 4.98 Å². The molecule has 0 aliphatic rings. The van der Waals surface area contributed by atoms with Crippen LogP contribution in [0.5, 0.6) is 0 Å². The van der Waals surface area contributed by atoms with Gasteiger partial charge in [0.15, 0.2) is 0 Å². The molecular weight excluding hydrogens is 290 g/mol. The molecule has 23 heavy (non-hydrogen) atoms. The summed E-state index contributed by atoms with van der Waals surface area (Å²) in [6.45, 7) is 1.61. The number of likely N-dealkylation sites (N-methyl/N-ethyl adjacent to an activating group) is 1. The van der Waals surface area contributed by atoms with Gasteiger partial charge in [0.25, 0.3) is 0 Å². The lowest BCUT2D eigenvalue weighted by atomic mass is 10.1. The molecule has 0 amide bonds. The first kappa shape index (κ1) is 14.0. The van der Waals surface area contributed by atoms with Crippen molar-refractivity contribution in [1.82, 2.24) is 14.5 Å². The predicted molar refractivity (Wildman–Crippen MR) is 91.8 cm³/mol. The summed E-state index contributed by atoms with van der Waals surface area (Å²) in [5.41, 5.74) is 1.98. The van der Waals surface area contributed by atoms with Crippen molar-refractivity contribution in [3.63, 3.8) is 0 Å². The van der Waals surface area contributed by atoms with Gasteiger partial charge in [-0.3, -0.25) is 4.79 Å². The summed E-state index contributed by atoms with van der Waals surface area (Å²) in [7, 11) is 4.06. The van der Waals surface area contributed by atoms with E-state index in [9.17, 15) is 4.79 Å². The summed E-state index contributed by atoms with van der Waals surface area (Å²) in [5, 5.41) is 2.09. The predicted octanol–water partition coefficient (Wildman–Crippen LogP) is 2.86. The van der Waals surface area contributed by atoms with Crippen molar-refractivity contribution >= 4 is 33.1 Å². The van der Waals surface area contributed by atoms with E-state index in [1.807, 2.05) is 38.4 Å². The number of benzene rings is 1. The van der Waals surface area contributed by atoms with Crippen LogP contribution in [0.25, 0.3) is 33.1 Å². The van der Waals surface area contributed by atoms with Gasteiger partial charge in [-0.15, -0.1) is 0 Å². The van der Waals surface area contributed by atoms with Crippen molar-refractivity contribution in [2.45, 2.75) is 6.54 Å². The molecule has 0 radical (unpaired) electrons. The quantitative estimate of drug-likeness (QED) is 0.584. The number of rotatable bonds is 3. The van der Waals surface area contributed by atoms with Crippen LogP contribution < -0.4 is 5.43 Å². The molecule has 0 aliphatic heterocycles. The minimum absolute atomic E-state index is 0.0193. The molecule has 5 heteroatoms. The number of hydrogen-bond acceptors (Lipinski definition) is 4. The third kappa shape index (κ3) is 2.12. The van der Waals surface area contributed by atoms with Crippen LogP contribution in [-0.4, -0.2) is 35.1 Å². The maximum Gasteiger partial charge on any atom is 0.232 e. The summed E-state index contributed by atoms with van der Waals surface area (Å²) in [6.07, 6.45) is 1.64. The molecule has 0 spiro atoms. The Morgan fingerprint density at radius 3 is 2.74 bits per heavy atom. The van der Waals surface area contributed by atoms with Gasteiger partial charge in [0.1, 0.15) is 0 Å². The number of pyridine rings is 1. The monoisotopic (exact) mass is 307 g/mol. The number of fused-ring (bicyclic) bond motifs is 4. The van der Waals surface area contributed by atoms with Crippen LogP contribution in [0.15, 0.2) is 51.8 Å². The van der Waals surface area contributed by atoms with Crippen molar-refractivity contribution in [1.29, 1.82) is 0 Å². The molecule has 0 bridgehead atoms. The first-order valence-corrected chi connectivity index (χ1v) is 7.60. The lowest BCUT2D eigenvalue weighted by Gasteiger charge is -2.11. The third-order valence-electron chi connectivity index (χ3n) is 4.13. The van der Waals surface area contributed by atoms with Gasteiger partial charge in [-0.2, -0.15) is 0 Å². The number of hydrogen-bond donors (Lipinski definition) is 0. The fourth-order valence-electron chi connectivity index (χ4n) is 3.00. The molecule has 4 aromatic rings. The van der Waals surface area contributed by atoms with Gasteiger partial charge in [0, 0.05) is 24.7 Å². The summed E-state index contributed by atoms with van der Waals surface area (Å²) in [4.78, 5) is 19.2. The molecule has 5 nitrogen and oxygen atoms in total. The van der Waals surface area contributed by atoms with Gasteiger partial charge < -0.3 is 13.9 Å². The molecule has 116 valence electrons. The first-order chi connectivity index (χ1) is 11.2. The largest absolute Gasteiger partial charge is 0.421 e. The highest BCUT2D eigenvalue weighted by molar-refractivity contribution is 6.08. The van der Waals surface area contributed by atoms with E-state index in [2.05, 4.69) is 14.5 Å². The zero-order valence-electron chi connectivity index (χ0n) is 13.1. The maximum atomic E-state index is 12.9. The number of aromatic nitrogens is 2. The fourth-order valence-corrected chi connectivity index (χ4v) is 3.00. The minimum Gasteiger partial charge on any atom is -0.421 e. The number of para-hydroxylation sites is 1. The average Bonchev–Trinajstić information content (AvgIpc) is 2.87. The Balaban J connectivity index is 2.15. The molecule has 1 aromatic carbocycles. The number of nitrogens with zero attached hydrogens (tertiary/aromatic N) is 3. The molecule has 0 unspecified atom stereocenters. The Labute approximate surface area is 132 Å². The molecule has 4 rings (SSSR count). The van der Waals surface area contributed by atoms with Gasteiger partial charge >= 0.3 is 0 Å². The van der Waals surface area contributed by atoms with Gasteiger partial charge in [0.05, 0.1) is 16.3 Å². The molecule has 0 N–H and O–H groups in total. The molecule has 0 aliphatic carbocycles. The molecule has 0 saturated carbocycles. The standard InChI is InChI=1S/C18H17N3O2/c1-20(2)10-11-21-14-8-4-3-6-12(14)15-16(22)13-7-5-9-19-17(13)23-18(15)21/h3-9H,10-11H2,1-2H3. The summed E-state index contributed by atoms with van der Waals surface area (Å²) in [5.74, 6) is 0. The van der Waals surface area contributed by atoms with E-state index in [0.717, 1.165) is 24.0 Å². The second-order valence-corrected chi connectivity index (χ2v) is 5.94.